The minimum atomic E-state index is -0.553. The normalized spacial score (nSPS) is 25.0. The zero-order chi connectivity index (χ0) is 13.7. The molecule has 18 heavy (non-hydrogen) atoms. The number of nitrogens with two attached hydrogens (primary N) is 1. The Morgan fingerprint density at radius 1 is 1.56 bits per heavy atom. The molecule has 0 heterocycles. The van der Waals surface area contributed by atoms with Gasteiger partial charge in [0.05, 0.1) is 18.7 Å². The van der Waals surface area contributed by atoms with Crippen molar-refractivity contribution in [3.63, 3.8) is 0 Å². The van der Waals surface area contributed by atoms with E-state index in [9.17, 15) is 9.18 Å². The van der Waals surface area contributed by atoms with Gasteiger partial charge in [-0.2, -0.15) is 0 Å². The van der Waals surface area contributed by atoms with E-state index in [1.54, 1.807) is 13.0 Å². The van der Waals surface area contributed by atoms with Crippen molar-refractivity contribution >= 4 is 12.2 Å². The van der Waals surface area contributed by atoms with Gasteiger partial charge in [-0.3, -0.25) is 9.79 Å². The number of carbonyl (C=O) groups is 1. The average Bonchev–Trinajstić information content (AvgIpc) is 3.10. The number of rotatable bonds is 5. The SMILES string of the molecule is C/C=C(/N=C\C(F)=C(\C)N)[C@H]1C[C@@H]1C(=O)OCC. The molecule has 0 saturated heterocycles. The molecule has 5 heteroatoms. The lowest BCUT2D eigenvalue weighted by atomic mass is 10.2. The van der Waals surface area contributed by atoms with Crippen molar-refractivity contribution in [2.75, 3.05) is 6.61 Å². The van der Waals surface area contributed by atoms with E-state index in [1.807, 2.05) is 6.92 Å². The summed E-state index contributed by atoms with van der Waals surface area (Å²) in [5, 5.41) is 0. The molecular formula is C13H19FN2O2. The zero-order valence-electron chi connectivity index (χ0n) is 10.9. The first-order chi connectivity index (χ1) is 8.51. The third kappa shape index (κ3) is 3.68. The van der Waals surface area contributed by atoms with Gasteiger partial charge in [0.1, 0.15) is 0 Å². The molecule has 0 aromatic carbocycles. The van der Waals surface area contributed by atoms with Crippen LogP contribution in [0.15, 0.2) is 28.3 Å². The third-order valence-corrected chi connectivity index (χ3v) is 2.76. The molecule has 100 valence electrons. The van der Waals surface area contributed by atoms with Gasteiger partial charge in [0, 0.05) is 17.3 Å². The molecule has 1 aliphatic carbocycles. The van der Waals surface area contributed by atoms with Crippen LogP contribution in [0.3, 0.4) is 0 Å². The van der Waals surface area contributed by atoms with Crippen molar-refractivity contribution in [2.24, 2.45) is 22.6 Å². The number of nitrogens with zero attached hydrogens (tertiary/aromatic N) is 1. The van der Waals surface area contributed by atoms with Crippen molar-refractivity contribution < 1.29 is 13.9 Å². The van der Waals surface area contributed by atoms with E-state index in [-0.39, 0.29) is 23.5 Å². The van der Waals surface area contributed by atoms with Crippen LogP contribution in [0.1, 0.15) is 27.2 Å². The van der Waals surface area contributed by atoms with E-state index in [0.29, 0.717) is 18.7 Å². The first kappa shape index (κ1) is 14.4. The minimum Gasteiger partial charge on any atom is -0.466 e. The van der Waals surface area contributed by atoms with Crippen LogP contribution in [0.5, 0.6) is 0 Å². The average molecular weight is 254 g/mol. The Bertz CT molecular complexity index is 409. The van der Waals surface area contributed by atoms with Crippen molar-refractivity contribution in [2.45, 2.75) is 27.2 Å². The molecule has 0 aromatic heterocycles. The van der Waals surface area contributed by atoms with Crippen molar-refractivity contribution in [1.82, 2.24) is 0 Å². The monoisotopic (exact) mass is 254 g/mol. The summed E-state index contributed by atoms with van der Waals surface area (Å²) in [6, 6.07) is 0. The second-order valence-corrected chi connectivity index (χ2v) is 4.20. The smallest absolute Gasteiger partial charge is 0.309 e. The van der Waals surface area contributed by atoms with Gasteiger partial charge in [-0.1, -0.05) is 6.08 Å². The molecule has 0 amide bonds. The van der Waals surface area contributed by atoms with E-state index < -0.39 is 5.83 Å². The molecule has 2 atom stereocenters. The molecule has 1 saturated carbocycles. The number of aliphatic imine (C=N–C) groups is 1. The topological polar surface area (TPSA) is 64.7 Å². The van der Waals surface area contributed by atoms with Gasteiger partial charge in [-0.05, 0) is 27.2 Å². The second kappa shape index (κ2) is 6.33. The fourth-order valence-corrected chi connectivity index (χ4v) is 1.65. The summed E-state index contributed by atoms with van der Waals surface area (Å²) in [6.07, 6.45) is 3.58. The van der Waals surface area contributed by atoms with Gasteiger partial charge in [0.15, 0.2) is 5.83 Å². The molecule has 1 rings (SSSR count). The van der Waals surface area contributed by atoms with E-state index in [0.717, 1.165) is 6.21 Å². The maximum Gasteiger partial charge on any atom is 0.309 e. The summed E-state index contributed by atoms with van der Waals surface area (Å²) in [7, 11) is 0. The first-order valence-electron chi connectivity index (χ1n) is 6.00. The standard InChI is InChI=1S/C13H19FN2O2/c1-4-12(16-7-11(14)8(3)15)9-6-10(9)13(17)18-5-2/h4,7,9-10H,5-6,15H2,1-3H3/b11-8+,12-4+,16-7-/t9-,10-/m0/s1. The van der Waals surface area contributed by atoms with Gasteiger partial charge in [-0.25, -0.2) is 4.39 Å². The molecule has 0 bridgehead atoms. The Morgan fingerprint density at radius 2 is 2.22 bits per heavy atom. The van der Waals surface area contributed by atoms with Crippen LogP contribution < -0.4 is 5.73 Å². The van der Waals surface area contributed by atoms with E-state index >= 15 is 0 Å². The fraction of sp³-hybridized carbons (Fsp3) is 0.538. The summed E-state index contributed by atoms with van der Waals surface area (Å²) in [5.41, 5.74) is 6.08. The highest BCUT2D eigenvalue weighted by atomic mass is 19.1. The molecule has 0 spiro atoms. The largest absolute Gasteiger partial charge is 0.466 e. The Hall–Kier alpha value is -1.65. The van der Waals surface area contributed by atoms with Crippen LogP contribution in [-0.4, -0.2) is 18.8 Å². The second-order valence-electron chi connectivity index (χ2n) is 4.20. The predicted molar refractivity (Wildman–Crippen MR) is 68.5 cm³/mol. The molecule has 4 nitrogen and oxygen atoms in total. The van der Waals surface area contributed by atoms with Crippen LogP contribution in [0.2, 0.25) is 0 Å². The lowest BCUT2D eigenvalue weighted by Gasteiger charge is -2.01. The number of halogens is 1. The molecule has 2 N–H and O–H groups in total. The van der Waals surface area contributed by atoms with Gasteiger partial charge in [-0.15, -0.1) is 0 Å². The Kier molecular flexibility index (Phi) is 5.07. The molecule has 0 aliphatic heterocycles. The maximum absolute atomic E-state index is 13.2. The van der Waals surface area contributed by atoms with Crippen LogP contribution in [0.4, 0.5) is 4.39 Å². The fourth-order valence-electron chi connectivity index (χ4n) is 1.65. The lowest BCUT2D eigenvalue weighted by Crippen LogP contribution is -2.08. The van der Waals surface area contributed by atoms with Crippen LogP contribution in [0.25, 0.3) is 0 Å². The van der Waals surface area contributed by atoms with Crippen molar-refractivity contribution in [1.29, 1.82) is 0 Å². The van der Waals surface area contributed by atoms with E-state index in [1.165, 1.54) is 6.92 Å². The summed E-state index contributed by atoms with van der Waals surface area (Å²) in [5.74, 6) is -0.860. The van der Waals surface area contributed by atoms with Crippen LogP contribution in [0, 0.1) is 11.8 Å². The van der Waals surface area contributed by atoms with Gasteiger partial charge >= 0.3 is 5.97 Å². The minimum absolute atomic E-state index is 0.0381. The molecule has 0 aromatic rings. The summed E-state index contributed by atoms with van der Waals surface area (Å²) in [4.78, 5) is 15.5. The van der Waals surface area contributed by atoms with E-state index in [4.69, 9.17) is 10.5 Å². The third-order valence-electron chi connectivity index (χ3n) is 2.76. The van der Waals surface area contributed by atoms with Crippen molar-refractivity contribution in [3.05, 3.63) is 23.3 Å². The van der Waals surface area contributed by atoms with Crippen LogP contribution >= 0.6 is 0 Å². The Morgan fingerprint density at radius 3 is 2.72 bits per heavy atom. The quantitative estimate of drug-likeness (QED) is 0.605. The Balaban J connectivity index is 2.62. The maximum atomic E-state index is 13.2. The Labute approximate surface area is 106 Å². The van der Waals surface area contributed by atoms with Crippen molar-refractivity contribution in [3.8, 4) is 0 Å². The number of hydrogen-bond acceptors (Lipinski definition) is 4. The van der Waals surface area contributed by atoms with Crippen LogP contribution in [-0.2, 0) is 9.53 Å². The molecule has 1 aliphatic rings. The number of hydrogen-bond donors (Lipinski definition) is 1. The summed E-state index contributed by atoms with van der Waals surface area (Å²) >= 11 is 0. The highest BCUT2D eigenvalue weighted by molar-refractivity contribution is 5.79. The number of ether oxygens (including phenoxy) is 1. The number of carbonyl (C=O) groups excluding carboxylic acids is 1. The number of esters is 1. The molecular weight excluding hydrogens is 235 g/mol. The highest BCUT2D eigenvalue weighted by Gasteiger charge is 2.46. The predicted octanol–water partition coefficient (Wildman–Crippen LogP) is 2.32. The first-order valence-corrected chi connectivity index (χ1v) is 6.00. The number of allylic oxidation sites excluding steroid dienone is 4. The lowest BCUT2D eigenvalue weighted by molar-refractivity contribution is -0.144. The zero-order valence-corrected chi connectivity index (χ0v) is 10.9. The van der Waals surface area contributed by atoms with Gasteiger partial charge in [0.2, 0.25) is 0 Å². The summed E-state index contributed by atoms with van der Waals surface area (Å²) < 4.78 is 18.1. The molecule has 0 unspecified atom stereocenters. The molecule has 1 fully saturated rings. The van der Waals surface area contributed by atoms with Gasteiger partial charge < -0.3 is 10.5 Å². The summed E-state index contributed by atoms with van der Waals surface area (Å²) in [6.45, 7) is 5.42. The van der Waals surface area contributed by atoms with Gasteiger partial charge in [0.25, 0.3) is 0 Å². The highest BCUT2D eigenvalue weighted by Crippen LogP contribution is 2.45. The molecule has 0 radical (unpaired) electrons. The van der Waals surface area contributed by atoms with E-state index in [2.05, 4.69) is 4.99 Å².